The summed E-state index contributed by atoms with van der Waals surface area (Å²) in [5, 5.41) is 0. The van der Waals surface area contributed by atoms with Gasteiger partial charge < -0.3 is 13.9 Å². The molecule has 114 valence electrons. The summed E-state index contributed by atoms with van der Waals surface area (Å²) in [6.45, 7) is 3.81. The Kier molecular flexibility index (Phi) is 3.91. The zero-order chi connectivity index (χ0) is 15.5. The number of hydrogen-bond acceptors (Lipinski definition) is 6. The van der Waals surface area contributed by atoms with Crippen LogP contribution in [0.1, 0.15) is 19.5 Å². The number of esters is 1. The molecule has 0 amide bonds. The fraction of sp³-hybridized carbons (Fsp3) is 0.312. The molecule has 2 heterocycles. The molecular formula is C16H16N2O4. The van der Waals surface area contributed by atoms with Gasteiger partial charge in [-0.15, -0.1) is 0 Å². The van der Waals surface area contributed by atoms with Gasteiger partial charge in [0, 0.05) is 5.56 Å². The Balaban J connectivity index is 1.69. The Morgan fingerprint density at radius 2 is 2.09 bits per heavy atom. The molecule has 3 rings (SSSR count). The van der Waals surface area contributed by atoms with Gasteiger partial charge in [0.15, 0.2) is 5.69 Å². The second-order valence-corrected chi connectivity index (χ2v) is 5.14. The fourth-order valence-electron chi connectivity index (χ4n) is 2.03. The van der Waals surface area contributed by atoms with Crippen LogP contribution in [0.25, 0.3) is 11.5 Å². The minimum atomic E-state index is -0.714. The Bertz CT molecular complexity index is 691. The van der Waals surface area contributed by atoms with Crippen LogP contribution >= 0.6 is 0 Å². The number of carbonyl (C=O) groups is 1. The molecule has 0 spiro atoms. The molecule has 1 unspecified atom stereocenters. The number of aromatic nitrogens is 1. The quantitative estimate of drug-likeness (QED) is 0.811. The van der Waals surface area contributed by atoms with E-state index in [9.17, 15) is 4.79 Å². The number of rotatable bonds is 4. The van der Waals surface area contributed by atoms with Gasteiger partial charge in [-0.2, -0.15) is 0 Å². The first kappa shape index (κ1) is 14.3. The average molecular weight is 300 g/mol. The third-order valence-corrected chi connectivity index (χ3v) is 3.01. The summed E-state index contributed by atoms with van der Waals surface area (Å²) in [5.74, 6) is 0.368. The molecule has 2 aromatic rings. The maximum atomic E-state index is 11.8. The van der Waals surface area contributed by atoms with E-state index < -0.39 is 12.1 Å². The predicted octanol–water partition coefficient (Wildman–Crippen LogP) is 2.44. The van der Waals surface area contributed by atoms with E-state index in [1.165, 1.54) is 6.26 Å². The highest BCUT2D eigenvalue weighted by Crippen LogP contribution is 2.20. The number of hydrogen-bond donors (Lipinski definition) is 0. The van der Waals surface area contributed by atoms with Gasteiger partial charge in [-0.1, -0.05) is 18.2 Å². The van der Waals surface area contributed by atoms with Crippen LogP contribution in [0.3, 0.4) is 0 Å². The molecule has 6 nitrogen and oxygen atoms in total. The van der Waals surface area contributed by atoms with E-state index in [4.69, 9.17) is 13.9 Å². The third-order valence-electron chi connectivity index (χ3n) is 3.01. The van der Waals surface area contributed by atoms with E-state index in [2.05, 4.69) is 9.98 Å². The van der Waals surface area contributed by atoms with Gasteiger partial charge in [0.2, 0.25) is 17.9 Å². The molecule has 0 saturated carbocycles. The summed E-state index contributed by atoms with van der Waals surface area (Å²) >= 11 is 0. The molecule has 0 N–H and O–H groups in total. The Morgan fingerprint density at radius 3 is 2.82 bits per heavy atom. The second kappa shape index (κ2) is 6.01. The number of nitrogens with zero attached hydrogens (tertiary/aromatic N) is 2. The van der Waals surface area contributed by atoms with E-state index >= 15 is 0 Å². The number of ether oxygens (including phenoxy) is 2. The van der Waals surface area contributed by atoms with Crippen molar-refractivity contribution in [3.05, 3.63) is 42.3 Å². The van der Waals surface area contributed by atoms with Crippen LogP contribution in [0, 0.1) is 0 Å². The van der Waals surface area contributed by atoms with Gasteiger partial charge in [-0.3, -0.25) is 0 Å². The van der Waals surface area contributed by atoms with E-state index in [-0.39, 0.29) is 12.6 Å². The number of benzene rings is 1. The van der Waals surface area contributed by atoms with Crippen molar-refractivity contribution in [1.29, 1.82) is 0 Å². The van der Waals surface area contributed by atoms with Crippen molar-refractivity contribution >= 4 is 11.9 Å². The van der Waals surface area contributed by atoms with Crippen molar-refractivity contribution in [3.8, 4) is 11.5 Å². The fourth-order valence-corrected chi connectivity index (χ4v) is 2.03. The lowest BCUT2D eigenvalue weighted by molar-refractivity contribution is -0.155. The van der Waals surface area contributed by atoms with Crippen LogP contribution in [0.4, 0.5) is 0 Å². The van der Waals surface area contributed by atoms with E-state index in [1.807, 2.05) is 30.3 Å². The standard InChI is InChI=1S/C16H16N2O4/c1-10(2)21-16(19)13-8-17-15(22-13)12-9-20-14(18-12)11-6-4-3-5-7-11/h3-7,9-10,13H,8H2,1-2H3. The summed E-state index contributed by atoms with van der Waals surface area (Å²) in [6, 6.07) is 9.52. The highest BCUT2D eigenvalue weighted by Gasteiger charge is 2.31. The summed E-state index contributed by atoms with van der Waals surface area (Å²) in [5.41, 5.74) is 1.34. The first-order valence-electron chi connectivity index (χ1n) is 7.06. The van der Waals surface area contributed by atoms with Gasteiger partial charge in [-0.25, -0.2) is 14.8 Å². The SMILES string of the molecule is CC(C)OC(=O)C1CN=C(c2coc(-c3ccccc3)n2)O1. The van der Waals surface area contributed by atoms with Gasteiger partial charge in [0.25, 0.3) is 0 Å². The van der Waals surface area contributed by atoms with Gasteiger partial charge >= 0.3 is 5.97 Å². The molecule has 1 aliphatic rings. The molecule has 22 heavy (non-hydrogen) atoms. The van der Waals surface area contributed by atoms with Crippen LogP contribution in [0.2, 0.25) is 0 Å². The Morgan fingerprint density at radius 1 is 1.32 bits per heavy atom. The molecule has 0 bridgehead atoms. The second-order valence-electron chi connectivity index (χ2n) is 5.14. The van der Waals surface area contributed by atoms with Crippen LogP contribution < -0.4 is 0 Å². The lowest BCUT2D eigenvalue weighted by Gasteiger charge is -2.12. The molecule has 1 aromatic heterocycles. The molecule has 1 atom stereocenters. The maximum absolute atomic E-state index is 11.8. The molecule has 0 saturated heterocycles. The van der Waals surface area contributed by atoms with Crippen LogP contribution in [-0.4, -0.2) is 35.6 Å². The lowest BCUT2D eigenvalue weighted by Crippen LogP contribution is -2.29. The maximum Gasteiger partial charge on any atom is 0.349 e. The van der Waals surface area contributed by atoms with Crippen LogP contribution in [-0.2, 0) is 14.3 Å². The van der Waals surface area contributed by atoms with E-state index in [0.717, 1.165) is 5.56 Å². The topological polar surface area (TPSA) is 73.9 Å². The molecule has 0 fully saturated rings. The van der Waals surface area contributed by atoms with Crippen molar-refractivity contribution in [3.63, 3.8) is 0 Å². The van der Waals surface area contributed by atoms with Gasteiger partial charge in [-0.05, 0) is 26.0 Å². The normalized spacial score (nSPS) is 17.2. The first-order valence-corrected chi connectivity index (χ1v) is 7.06. The predicted molar refractivity (Wildman–Crippen MR) is 79.4 cm³/mol. The van der Waals surface area contributed by atoms with Crippen LogP contribution in [0.15, 0.2) is 46.0 Å². The zero-order valence-electron chi connectivity index (χ0n) is 12.4. The minimum Gasteiger partial charge on any atom is -0.460 e. The van der Waals surface area contributed by atoms with Crippen molar-refractivity contribution in [1.82, 2.24) is 4.98 Å². The van der Waals surface area contributed by atoms with Crippen molar-refractivity contribution < 1.29 is 18.7 Å². The van der Waals surface area contributed by atoms with Crippen molar-refractivity contribution in [2.24, 2.45) is 4.99 Å². The summed E-state index contributed by atoms with van der Waals surface area (Å²) in [7, 11) is 0. The van der Waals surface area contributed by atoms with E-state index in [1.54, 1.807) is 13.8 Å². The third kappa shape index (κ3) is 3.00. The highest BCUT2D eigenvalue weighted by molar-refractivity contribution is 5.96. The smallest absolute Gasteiger partial charge is 0.349 e. The Hall–Kier alpha value is -2.63. The number of oxazole rings is 1. The average Bonchev–Trinajstić information content (AvgIpc) is 3.17. The van der Waals surface area contributed by atoms with Crippen molar-refractivity contribution in [2.75, 3.05) is 6.54 Å². The lowest BCUT2D eigenvalue weighted by atomic mass is 10.2. The van der Waals surface area contributed by atoms with Crippen molar-refractivity contribution in [2.45, 2.75) is 26.1 Å². The molecule has 0 aliphatic carbocycles. The van der Waals surface area contributed by atoms with Gasteiger partial charge in [0.1, 0.15) is 6.26 Å². The largest absolute Gasteiger partial charge is 0.460 e. The molecule has 6 heteroatoms. The zero-order valence-corrected chi connectivity index (χ0v) is 12.4. The highest BCUT2D eigenvalue weighted by atomic mass is 16.6. The molecule has 0 radical (unpaired) electrons. The van der Waals surface area contributed by atoms with E-state index in [0.29, 0.717) is 17.5 Å². The molecular weight excluding hydrogens is 284 g/mol. The minimum absolute atomic E-state index is 0.183. The summed E-state index contributed by atoms with van der Waals surface area (Å²) in [6.07, 6.45) is 0.572. The molecule has 1 aromatic carbocycles. The summed E-state index contributed by atoms with van der Waals surface area (Å²) < 4.78 is 16.1. The van der Waals surface area contributed by atoms with Gasteiger partial charge in [0.05, 0.1) is 12.6 Å². The number of carbonyl (C=O) groups excluding carboxylic acids is 1. The number of aliphatic imine (C=N–C) groups is 1. The van der Waals surface area contributed by atoms with Crippen LogP contribution in [0.5, 0.6) is 0 Å². The monoisotopic (exact) mass is 300 g/mol. The first-order chi connectivity index (χ1) is 10.6. The summed E-state index contributed by atoms with van der Waals surface area (Å²) in [4.78, 5) is 20.3. The Labute approximate surface area is 127 Å². The molecule has 1 aliphatic heterocycles.